The molecule has 3 aromatic rings. The molecule has 4 rings (SSSR count). The van der Waals surface area contributed by atoms with E-state index in [0.29, 0.717) is 21.9 Å². The van der Waals surface area contributed by atoms with Gasteiger partial charge in [0.25, 0.3) is 5.91 Å². The Kier molecular flexibility index (Phi) is 3.09. The van der Waals surface area contributed by atoms with Crippen LogP contribution in [0.25, 0.3) is 11.3 Å². The third-order valence-corrected chi connectivity index (χ3v) is 3.93. The highest BCUT2D eigenvalue weighted by atomic mass is 16.5. The van der Waals surface area contributed by atoms with Gasteiger partial charge in [0, 0.05) is 11.3 Å². The minimum atomic E-state index is -0.702. The van der Waals surface area contributed by atoms with Crippen LogP contribution in [0.3, 0.4) is 0 Å². The molecule has 23 heavy (non-hydrogen) atoms. The van der Waals surface area contributed by atoms with Crippen molar-refractivity contribution in [3.8, 4) is 11.3 Å². The maximum atomic E-state index is 12.4. The molecular formula is C17H14N4O2. The Labute approximate surface area is 132 Å². The van der Waals surface area contributed by atoms with E-state index < -0.39 is 12.1 Å². The minimum Gasteiger partial charge on any atom is -0.359 e. The normalized spacial score (nSPS) is 16.8. The SMILES string of the molecule is O=C1c2ccccc2N[C@@H](c2cn[nH]c2-c2ccccc2)N1O. The summed E-state index contributed by atoms with van der Waals surface area (Å²) in [6.45, 7) is 0. The van der Waals surface area contributed by atoms with Crippen molar-refractivity contribution in [1.29, 1.82) is 0 Å². The number of aromatic amines is 1. The zero-order valence-corrected chi connectivity index (χ0v) is 12.1. The topological polar surface area (TPSA) is 81.2 Å². The van der Waals surface area contributed by atoms with Gasteiger partial charge in [0.15, 0.2) is 6.17 Å². The quantitative estimate of drug-likeness (QED) is 0.636. The van der Waals surface area contributed by atoms with Gasteiger partial charge in [-0.3, -0.25) is 15.1 Å². The fraction of sp³-hybridized carbons (Fsp3) is 0.0588. The van der Waals surface area contributed by atoms with Crippen LogP contribution in [0.1, 0.15) is 22.1 Å². The number of para-hydroxylation sites is 1. The molecule has 114 valence electrons. The number of nitrogens with zero attached hydrogens (tertiary/aromatic N) is 2. The van der Waals surface area contributed by atoms with Crippen LogP contribution in [0.5, 0.6) is 0 Å². The van der Waals surface area contributed by atoms with Gasteiger partial charge in [-0.25, -0.2) is 0 Å². The van der Waals surface area contributed by atoms with Gasteiger partial charge in [-0.15, -0.1) is 0 Å². The molecule has 2 aromatic carbocycles. The summed E-state index contributed by atoms with van der Waals surface area (Å²) >= 11 is 0. The second-order valence-corrected chi connectivity index (χ2v) is 5.31. The van der Waals surface area contributed by atoms with E-state index in [9.17, 15) is 10.0 Å². The number of H-pyrrole nitrogens is 1. The molecule has 1 aliphatic rings. The summed E-state index contributed by atoms with van der Waals surface area (Å²) in [6.07, 6.45) is 0.913. The summed E-state index contributed by atoms with van der Waals surface area (Å²) in [4.78, 5) is 12.4. The molecule has 0 fully saturated rings. The van der Waals surface area contributed by atoms with Gasteiger partial charge in [-0.05, 0) is 17.7 Å². The van der Waals surface area contributed by atoms with Gasteiger partial charge in [0.2, 0.25) is 0 Å². The van der Waals surface area contributed by atoms with E-state index in [-0.39, 0.29) is 0 Å². The van der Waals surface area contributed by atoms with E-state index in [0.717, 1.165) is 11.3 Å². The Morgan fingerprint density at radius 2 is 1.78 bits per heavy atom. The number of aromatic nitrogens is 2. The molecule has 6 nitrogen and oxygen atoms in total. The first-order valence-electron chi connectivity index (χ1n) is 7.22. The van der Waals surface area contributed by atoms with Gasteiger partial charge in [0.1, 0.15) is 0 Å². The van der Waals surface area contributed by atoms with Gasteiger partial charge in [0.05, 0.1) is 17.5 Å². The fourth-order valence-corrected chi connectivity index (χ4v) is 2.79. The Balaban J connectivity index is 1.78. The summed E-state index contributed by atoms with van der Waals surface area (Å²) in [7, 11) is 0. The average molecular weight is 306 g/mol. The van der Waals surface area contributed by atoms with E-state index in [4.69, 9.17) is 0 Å². The van der Waals surface area contributed by atoms with Gasteiger partial charge < -0.3 is 5.32 Å². The van der Waals surface area contributed by atoms with E-state index in [1.54, 1.807) is 18.3 Å². The molecule has 3 N–H and O–H groups in total. The number of rotatable bonds is 2. The monoisotopic (exact) mass is 306 g/mol. The van der Waals surface area contributed by atoms with Gasteiger partial charge >= 0.3 is 0 Å². The largest absolute Gasteiger partial charge is 0.359 e. The highest BCUT2D eigenvalue weighted by Crippen LogP contribution is 2.35. The summed E-state index contributed by atoms with van der Waals surface area (Å²) < 4.78 is 0. The third kappa shape index (κ3) is 2.16. The predicted molar refractivity (Wildman–Crippen MR) is 84.8 cm³/mol. The third-order valence-electron chi connectivity index (χ3n) is 3.93. The lowest BCUT2D eigenvalue weighted by Crippen LogP contribution is -2.40. The molecule has 1 amide bonds. The van der Waals surface area contributed by atoms with Crippen LogP contribution in [0.15, 0.2) is 60.8 Å². The van der Waals surface area contributed by atoms with Gasteiger partial charge in [-0.1, -0.05) is 42.5 Å². The molecule has 1 aliphatic heterocycles. The number of benzene rings is 2. The first-order chi connectivity index (χ1) is 11.3. The first-order valence-corrected chi connectivity index (χ1v) is 7.22. The van der Waals surface area contributed by atoms with Crippen LogP contribution in [-0.4, -0.2) is 26.4 Å². The maximum Gasteiger partial charge on any atom is 0.281 e. The summed E-state index contributed by atoms with van der Waals surface area (Å²) in [5.74, 6) is -0.440. The number of anilines is 1. The van der Waals surface area contributed by atoms with Gasteiger partial charge in [-0.2, -0.15) is 10.2 Å². The van der Waals surface area contributed by atoms with Crippen LogP contribution >= 0.6 is 0 Å². The average Bonchev–Trinajstić information content (AvgIpc) is 3.08. The van der Waals surface area contributed by atoms with Crippen LogP contribution in [0.4, 0.5) is 5.69 Å². The zero-order valence-electron chi connectivity index (χ0n) is 12.1. The number of carbonyl (C=O) groups is 1. The Morgan fingerprint density at radius 3 is 2.61 bits per heavy atom. The molecule has 0 bridgehead atoms. The Hall–Kier alpha value is -3.12. The number of hydrogen-bond acceptors (Lipinski definition) is 4. The van der Waals surface area contributed by atoms with E-state index >= 15 is 0 Å². The van der Waals surface area contributed by atoms with E-state index in [1.165, 1.54) is 0 Å². The fourth-order valence-electron chi connectivity index (χ4n) is 2.79. The number of nitrogens with one attached hydrogen (secondary N) is 2. The summed E-state index contributed by atoms with van der Waals surface area (Å²) in [6, 6.07) is 16.8. The predicted octanol–water partition coefficient (Wildman–Crippen LogP) is 3.03. The molecule has 0 aliphatic carbocycles. The molecule has 0 saturated heterocycles. The first kappa shape index (κ1) is 13.5. The lowest BCUT2D eigenvalue weighted by Gasteiger charge is -2.33. The summed E-state index contributed by atoms with van der Waals surface area (Å²) in [5, 5.41) is 21.2. The van der Waals surface area contributed by atoms with Crippen molar-refractivity contribution in [3.05, 3.63) is 71.9 Å². The number of hydrogen-bond donors (Lipinski definition) is 3. The molecule has 0 radical (unpaired) electrons. The molecule has 0 unspecified atom stereocenters. The molecule has 0 saturated carbocycles. The lowest BCUT2D eigenvalue weighted by atomic mass is 10.0. The second-order valence-electron chi connectivity index (χ2n) is 5.31. The Bertz CT molecular complexity index is 860. The molecule has 1 aromatic heterocycles. The molecule has 6 heteroatoms. The van der Waals surface area contributed by atoms with Crippen LogP contribution < -0.4 is 5.32 Å². The number of fused-ring (bicyclic) bond motifs is 1. The number of carbonyl (C=O) groups excluding carboxylic acids is 1. The smallest absolute Gasteiger partial charge is 0.281 e. The second kappa shape index (κ2) is 5.26. The Morgan fingerprint density at radius 1 is 1.04 bits per heavy atom. The highest BCUT2D eigenvalue weighted by molar-refractivity contribution is 6.01. The van der Waals surface area contributed by atoms with Crippen molar-refractivity contribution in [2.24, 2.45) is 0 Å². The van der Waals surface area contributed by atoms with Crippen molar-refractivity contribution in [1.82, 2.24) is 15.3 Å². The van der Waals surface area contributed by atoms with Crippen LogP contribution in [-0.2, 0) is 0 Å². The molecule has 1 atom stereocenters. The molecule has 2 heterocycles. The van der Waals surface area contributed by atoms with Crippen molar-refractivity contribution < 1.29 is 10.0 Å². The molecule has 0 spiro atoms. The number of hydroxylamine groups is 2. The number of amides is 1. The minimum absolute atomic E-state index is 0.440. The zero-order chi connectivity index (χ0) is 15.8. The van der Waals surface area contributed by atoms with Crippen molar-refractivity contribution in [2.75, 3.05) is 5.32 Å². The summed E-state index contributed by atoms with van der Waals surface area (Å²) in [5.41, 5.74) is 3.52. The van der Waals surface area contributed by atoms with Crippen molar-refractivity contribution >= 4 is 11.6 Å². The maximum absolute atomic E-state index is 12.4. The van der Waals surface area contributed by atoms with Crippen LogP contribution in [0, 0.1) is 0 Å². The lowest BCUT2D eigenvalue weighted by molar-refractivity contribution is -0.0850. The molecular weight excluding hydrogens is 292 g/mol. The van der Waals surface area contributed by atoms with E-state index in [2.05, 4.69) is 15.5 Å². The highest BCUT2D eigenvalue weighted by Gasteiger charge is 2.34. The van der Waals surface area contributed by atoms with E-state index in [1.807, 2.05) is 42.5 Å². The standard InChI is InChI=1S/C17H14N4O2/c22-17-12-8-4-5-9-14(12)19-16(21(17)23)13-10-18-20-15(13)11-6-2-1-3-7-11/h1-10,16,19,23H,(H,18,20)/t16-/m1/s1. The van der Waals surface area contributed by atoms with Crippen molar-refractivity contribution in [3.63, 3.8) is 0 Å². The van der Waals surface area contributed by atoms with Crippen molar-refractivity contribution in [2.45, 2.75) is 6.17 Å². The van der Waals surface area contributed by atoms with Crippen LogP contribution in [0.2, 0.25) is 0 Å².